The Balaban J connectivity index is 2.12. The summed E-state index contributed by atoms with van der Waals surface area (Å²) in [7, 11) is 3.38. The number of aliphatic hydroxyl groups is 1. The van der Waals surface area contributed by atoms with E-state index in [0.717, 1.165) is 31.0 Å². The molecule has 0 saturated carbocycles. The number of furan rings is 1. The summed E-state index contributed by atoms with van der Waals surface area (Å²) in [4.78, 5) is 2.31. The SMILES string of the molecule is C=CCC(O)(CC=C)c1ccc(CN(CCCOC)Cc2ccc(OC)cc2)o1. The Morgan fingerprint density at radius 3 is 2.31 bits per heavy atom. The van der Waals surface area contributed by atoms with Crippen LogP contribution in [0.1, 0.15) is 36.3 Å². The predicted molar refractivity (Wildman–Crippen MR) is 116 cm³/mol. The lowest BCUT2D eigenvalue weighted by Crippen LogP contribution is -2.25. The first-order valence-electron chi connectivity index (χ1n) is 9.92. The maximum atomic E-state index is 10.9. The molecule has 1 heterocycles. The molecule has 0 aliphatic carbocycles. The highest BCUT2D eigenvalue weighted by Crippen LogP contribution is 2.31. The zero-order valence-corrected chi connectivity index (χ0v) is 17.6. The summed E-state index contributed by atoms with van der Waals surface area (Å²) in [5.41, 5.74) is 0.100. The second-order valence-electron chi connectivity index (χ2n) is 7.19. The van der Waals surface area contributed by atoms with Crippen molar-refractivity contribution in [1.29, 1.82) is 0 Å². The molecule has 1 aromatic heterocycles. The fraction of sp³-hybridized carbons (Fsp3) is 0.417. The number of methoxy groups -OCH3 is 2. The van der Waals surface area contributed by atoms with Gasteiger partial charge in [0.25, 0.3) is 0 Å². The van der Waals surface area contributed by atoms with Crippen molar-refractivity contribution in [2.24, 2.45) is 0 Å². The highest BCUT2D eigenvalue weighted by Gasteiger charge is 2.30. The third-order valence-corrected chi connectivity index (χ3v) is 4.85. The molecule has 1 aromatic carbocycles. The molecule has 0 bridgehead atoms. The molecule has 0 spiro atoms. The summed E-state index contributed by atoms with van der Waals surface area (Å²) in [5, 5.41) is 10.9. The summed E-state index contributed by atoms with van der Waals surface area (Å²) in [5.74, 6) is 2.21. The summed E-state index contributed by atoms with van der Waals surface area (Å²) >= 11 is 0. The van der Waals surface area contributed by atoms with E-state index in [1.54, 1.807) is 26.4 Å². The van der Waals surface area contributed by atoms with Crippen molar-refractivity contribution < 1.29 is 19.0 Å². The molecular formula is C24H33NO4. The Labute approximate surface area is 174 Å². The number of hydrogen-bond acceptors (Lipinski definition) is 5. The van der Waals surface area contributed by atoms with Crippen LogP contribution in [-0.2, 0) is 23.4 Å². The molecule has 2 rings (SSSR count). The van der Waals surface area contributed by atoms with Crippen LogP contribution in [0.2, 0.25) is 0 Å². The topological polar surface area (TPSA) is 55.1 Å². The molecule has 0 unspecified atom stereocenters. The standard InChI is InChI=1S/C24H33NO4/c1-5-14-24(26,15-6-2)23-13-12-22(29-23)19-25(16-7-17-27-3)18-20-8-10-21(28-4)11-9-20/h5-6,8-13,26H,1-2,7,14-19H2,3-4H3. The van der Waals surface area contributed by atoms with Gasteiger partial charge < -0.3 is 19.0 Å². The van der Waals surface area contributed by atoms with Gasteiger partial charge in [-0.05, 0) is 36.2 Å². The molecule has 5 heteroatoms. The summed E-state index contributed by atoms with van der Waals surface area (Å²) < 4.78 is 16.5. The van der Waals surface area contributed by atoms with Crippen molar-refractivity contribution in [3.63, 3.8) is 0 Å². The summed E-state index contributed by atoms with van der Waals surface area (Å²) in [6, 6.07) is 11.9. The van der Waals surface area contributed by atoms with Crippen molar-refractivity contribution >= 4 is 0 Å². The van der Waals surface area contributed by atoms with Crippen LogP contribution in [-0.4, -0.2) is 37.4 Å². The van der Waals surface area contributed by atoms with Crippen LogP contribution in [0.15, 0.2) is 66.1 Å². The van der Waals surface area contributed by atoms with Gasteiger partial charge >= 0.3 is 0 Å². The van der Waals surface area contributed by atoms with Gasteiger partial charge in [0.2, 0.25) is 0 Å². The highest BCUT2D eigenvalue weighted by molar-refractivity contribution is 5.27. The van der Waals surface area contributed by atoms with Crippen LogP contribution >= 0.6 is 0 Å². The van der Waals surface area contributed by atoms with E-state index in [2.05, 4.69) is 30.2 Å². The average Bonchev–Trinajstić information content (AvgIpc) is 3.18. The molecule has 0 aliphatic heterocycles. The first kappa shape index (κ1) is 22.9. The molecule has 0 saturated heterocycles. The fourth-order valence-electron chi connectivity index (χ4n) is 3.33. The minimum Gasteiger partial charge on any atom is -0.497 e. The van der Waals surface area contributed by atoms with Gasteiger partial charge in [-0.1, -0.05) is 24.3 Å². The minimum absolute atomic E-state index is 0.412. The maximum Gasteiger partial charge on any atom is 0.136 e. The van der Waals surface area contributed by atoms with E-state index < -0.39 is 5.60 Å². The van der Waals surface area contributed by atoms with Gasteiger partial charge in [0, 0.05) is 39.6 Å². The molecule has 29 heavy (non-hydrogen) atoms. The number of ether oxygens (including phenoxy) is 2. The van der Waals surface area contributed by atoms with Gasteiger partial charge in [-0.15, -0.1) is 13.2 Å². The molecule has 0 fully saturated rings. The average molecular weight is 400 g/mol. The zero-order valence-electron chi connectivity index (χ0n) is 17.6. The van der Waals surface area contributed by atoms with E-state index in [4.69, 9.17) is 13.9 Å². The molecule has 1 N–H and O–H groups in total. The zero-order chi connectivity index (χ0) is 21.1. The predicted octanol–water partition coefficient (Wildman–Crippen LogP) is 4.67. The number of nitrogens with zero attached hydrogens (tertiary/aromatic N) is 1. The van der Waals surface area contributed by atoms with E-state index in [0.29, 0.717) is 31.8 Å². The Hall–Kier alpha value is -2.34. The van der Waals surface area contributed by atoms with Crippen molar-refractivity contribution in [2.45, 2.75) is 38.0 Å². The van der Waals surface area contributed by atoms with E-state index in [-0.39, 0.29) is 0 Å². The lowest BCUT2D eigenvalue weighted by Gasteiger charge is -2.24. The Morgan fingerprint density at radius 1 is 1.03 bits per heavy atom. The van der Waals surface area contributed by atoms with E-state index in [9.17, 15) is 5.11 Å². The largest absolute Gasteiger partial charge is 0.497 e. The summed E-state index contributed by atoms with van der Waals surface area (Å²) in [6.07, 6.45) is 5.15. The van der Waals surface area contributed by atoms with Gasteiger partial charge in [-0.3, -0.25) is 4.90 Å². The van der Waals surface area contributed by atoms with Crippen LogP contribution in [0.4, 0.5) is 0 Å². The van der Waals surface area contributed by atoms with E-state index >= 15 is 0 Å². The Bertz CT molecular complexity index is 740. The number of hydrogen-bond donors (Lipinski definition) is 1. The van der Waals surface area contributed by atoms with E-state index in [1.807, 2.05) is 24.3 Å². The van der Waals surface area contributed by atoms with Crippen molar-refractivity contribution in [1.82, 2.24) is 4.90 Å². The van der Waals surface area contributed by atoms with Crippen LogP contribution in [0, 0.1) is 0 Å². The summed E-state index contributed by atoms with van der Waals surface area (Å²) in [6.45, 7) is 10.5. The van der Waals surface area contributed by atoms with Crippen LogP contribution in [0.3, 0.4) is 0 Å². The lowest BCUT2D eigenvalue weighted by atomic mass is 9.93. The second-order valence-corrected chi connectivity index (χ2v) is 7.19. The van der Waals surface area contributed by atoms with Gasteiger partial charge in [-0.2, -0.15) is 0 Å². The highest BCUT2D eigenvalue weighted by atomic mass is 16.5. The van der Waals surface area contributed by atoms with Crippen LogP contribution < -0.4 is 4.74 Å². The van der Waals surface area contributed by atoms with Crippen LogP contribution in [0.5, 0.6) is 5.75 Å². The van der Waals surface area contributed by atoms with Gasteiger partial charge in [0.1, 0.15) is 22.9 Å². The molecule has 0 radical (unpaired) electrons. The smallest absolute Gasteiger partial charge is 0.136 e. The Kier molecular flexibility index (Phi) is 9.19. The van der Waals surface area contributed by atoms with E-state index in [1.165, 1.54) is 5.56 Å². The monoisotopic (exact) mass is 399 g/mol. The third kappa shape index (κ3) is 6.89. The van der Waals surface area contributed by atoms with Crippen molar-refractivity contribution in [3.05, 3.63) is 78.8 Å². The Morgan fingerprint density at radius 2 is 1.72 bits per heavy atom. The van der Waals surface area contributed by atoms with Crippen molar-refractivity contribution in [2.75, 3.05) is 27.4 Å². The molecule has 0 aliphatic rings. The number of benzene rings is 1. The first-order valence-corrected chi connectivity index (χ1v) is 9.92. The maximum absolute atomic E-state index is 10.9. The molecular weight excluding hydrogens is 366 g/mol. The molecule has 2 aromatic rings. The quantitative estimate of drug-likeness (QED) is 0.370. The van der Waals surface area contributed by atoms with Gasteiger partial charge in [-0.25, -0.2) is 0 Å². The minimum atomic E-state index is -1.10. The fourth-order valence-corrected chi connectivity index (χ4v) is 3.33. The van der Waals surface area contributed by atoms with Crippen molar-refractivity contribution in [3.8, 4) is 5.75 Å². The molecule has 0 atom stereocenters. The molecule has 158 valence electrons. The van der Waals surface area contributed by atoms with Gasteiger partial charge in [0.05, 0.1) is 13.7 Å². The third-order valence-electron chi connectivity index (χ3n) is 4.85. The van der Waals surface area contributed by atoms with Crippen LogP contribution in [0.25, 0.3) is 0 Å². The lowest BCUT2D eigenvalue weighted by molar-refractivity contribution is 0.0186. The molecule has 5 nitrogen and oxygen atoms in total. The first-order chi connectivity index (χ1) is 14.0. The normalized spacial score (nSPS) is 11.6. The van der Waals surface area contributed by atoms with Gasteiger partial charge in [0.15, 0.2) is 0 Å². The molecule has 0 amide bonds. The second kappa shape index (κ2) is 11.6. The number of rotatable bonds is 14.